The quantitative estimate of drug-likeness (QED) is 0.475. The maximum absolute atomic E-state index is 11.2. The van der Waals surface area contributed by atoms with Crippen molar-refractivity contribution >= 4 is 11.9 Å². The zero-order valence-electron chi connectivity index (χ0n) is 9.66. The van der Waals surface area contributed by atoms with E-state index in [9.17, 15) is 9.59 Å². The van der Waals surface area contributed by atoms with Gasteiger partial charge in [0, 0.05) is 6.04 Å². The fraction of sp³-hybridized carbons (Fsp3) is 0.818. The fourth-order valence-electron chi connectivity index (χ4n) is 2.84. The van der Waals surface area contributed by atoms with Gasteiger partial charge in [-0.25, -0.2) is 0 Å². The lowest BCUT2D eigenvalue weighted by atomic mass is 10.0. The van der Waals surface area contributed by atoms with E-state index in [0.29, 0.717) is 6.04 Å². The minimum atomic E-state index is -0.426. The predicted molar refractivity (Wildman–Crippen MR) is 54.0 cm³/mol. The lowest BCUT2D eigenvalue weighted by Crippen LogP contribution is -2.45. The Bertz CT molecular complexity index is 303. The number of nitrogens with zero attached hydrogens (tertiary/aromatic N) is 1. The molecule has 2 fully saturated rings. The van der Waals surface area contributed by atoms with E-state index in [2.05, 4.69) is 32.4 Å². The number of carbonyl (C=O) groups excluding carboxylic acids is 2. The molecule has 1 saturated carbocycles. The Morgan fingerprint density at radius 3 is 1.80 bits per heavy atom. The van der Waals surface area contributed by atoms with Crippen molar-refractivity contribution in [1.29, 1.82) is 0 Å². The first-order chi connectivity index (χ1) is 6.76. The Morgan fingerprint density at radius 2 is 1.47 bits per heavy atom. The Hall–Kier alpha value is -0.900. The molecule has 84 valence electrons. The Labute approximate surface area is 89.6 Å². The van der Waals surface area contributed by atoms with E-state index in [1.54, 1.807) is 0 Å². The van der Waals surface area contributed by atoms with Crippen LogP contribution in [0.15, 0.2) is 0 Å². The minimum Gasteiger partial charge on any atom is -0.391 e. The van der Waals surface area contributed by atoms with Crippen molar-refractivity contribution in [2.75, 3.05) is 13.1 Å². The van der Waals surface area contributed by atoms with Gasteiger partial charge in [0.05, 0.1) is 13.1 Å². The van der Waals surface area contributed by atoms with Crippen LogP contribution < -0.4 is 0 Å². The summed E-state index contributed by atoms with van der Waals surface area (Å²) in [7, 11) is 0. The molecule has 4 heteroatoms. The van der Waals surface area contributed by atoms with Crippen LogP contribution in [-0.4, -0.2) is 36.0 Å². The average molecular weight is 211 g/mol. The van der Waals surface area contributed by atoms with Crippen LogP contribution in [0, 0.1) is 10.8 Å². The molecule has 0 bridgehead atoms. The number of hydrogen-bond donors (Lipinski definition) is 0. The zero-order valence-corrected chi connectivity index (χ0v) is 9.66. The number of carbonyl (C=O) groups is 2. The summed E-state index contributed by atoms with van der Waals surface area (Å²) in [4.78, 5) is 24.2. The van der Waals surface area contributed by atoms with E-state index >= 15 is 0 Å². The molecule has 4 nitrogen and oxygen atoms in total. The molecule has 1 saturated heterocycles. The van der Waals surface area contributed by atoms with Crippen molar-refractivity contribution in [1.82, 2.24) is 4.90 Å². The maximum Gasteiger partial charge on any atom is 0.327 e. The Balaban J connectivity index is 2.14. The average Bonchev–Trinajstić information content (AvgIpc) is 2.39. The molecule has 2 rings (SSSR count). The van der Waals surface area contributed by atoms with Crippen LogP contribution >= 0.6 is 0 Å². The second kappa shape index (κ2) is 2.82. The van der Waals surface area contributed by atoms with Crippen molar-refractivity contribution in [3.05, 3.63) is 0 Å². The largest absolute Gasteiger partial charge is 0.391 e. The van der Waals surface area contributed by atoms with E-state index in [1.807, 2.05) is 4.90 Å². The summed E-state index contributed by atoms with van der Waals surface area (Å²) in [6, 6.07) is 0.293. The number of hydrogen-bond acceptors (Lipinski definition) is 4. The molecular weight excluding hydrogens is 194 g/mol. The van der Waals surface area contributed by atoms with E-state index in [0.717, 1.165) is 0 Å². The van der Waals surface area contributed by atoms with Gasteiger partial charge in [-0.3, -0.25) is 14.5 Å². The molecule has 0 aromatic heterocycles. The normalized spacial score (nSPS) is 30.1. The molecule has 1 heterocycles. The predicted octanol–water partition coefficient (Wildman–Crippen LogP) is 0.806. The van der Waals surface area contributed by atoms with Gasteiger partial charge in [0.15, 0.2) is 0 Å². The van der Waals surface area contributed by atoms with Gasteiger partial charge < -0.3 is 4.74 Å². The summed E-state index contributed by atoms with van der Waals surface area (Å²) < 4.78 is 4.51. The highest BCUT2D eigenvalue weighted by Crippen LogP contribution is 2.65. The fourth-order valence-corrected chi connectivity index (χ4v) is 2.84. The molecule has 0 aromatic carbocycles. The van der Waals surface area contributed by atoms with Crippen molar-refractivity contribution in [2.24, 2.45) is 10.8 Å². The number of cyclic esters (lactones) is 2. The number of rotatable bonds is 1. The summed E-state index contributed by atoms with van der Waals surface area (Å²) in [6.07, 6.45) is 0. The maximum atomic E-state index is 11.2. The zero-order chi connectivity index (χ0) is 11.4. The third kappa shape index (κ3) is 1.39. The van der Waals surface area contributed by atoms with Gasteiger partial charge in [-0.15, -0.1) is 0 Å². The molecule has 0 spiro atoms. The second-order valence-electron chi connectivity index (χ2n) is 5.60. The first-order valence-corrected chi connectivity index (χ1v) is 5.24. The van der Waals surface area contributed by atoms with Crippen LogP contribution in [0.25, 0.3) is 0 Å². The van der Waals surface area contributed by atoms with Crippen LogP contribution in [0.3, 0.4) is 0 Å². The lowest BCUT2D eigenvalue weighted by Gasteiger charge is -2.26. The highest BCUT2D eigenvalue weighted by molar-refractivity contribution is 5.90. The number of morpholine rings is 1. The smallest absolute Gasteiger partial charge is 0.327 e. The van der Waals surface area contributed by atoms with Crippen LogP contribution in [0.5, 0.6) is 0 Å². The Kier molecular flexibility index (Phi) is 1.99. The summed E-state index contributed by atoms with van der Waals surface area (Å²) in [5, 5.41) is 0. The van der Waals surface area contributed by atoms with Crippen molar-refractivity contribution in [2.45, 2.75) is 33.7 Å². The van der Waals surface area contributed by atoms with Gasteiger partial charge in [0.2, 0.25) is 0 Å². The van der Waals surface area contributed by atoms with Crippen LogP contribution in [0.1, 0.15) is 27.7 Å². The summed E-state index contributed by atoms with van der Waals surface area (Å²) in [5.41, 5.74) is 0.315. The molecule has 0 atom stereocenters. The topological polar surface area (TPSA) is 46.6 Å². The molecule has 0 radical (unpaired) electrons. The van der Waals surface area contributed by atoms with Crippen LogP contribution in [0.4, 0.5) is 0 Å². The molecule has 0 unspecified atom stereocenters. The van der Waals surface area contributed by atoms with Crippen LogP contribution in [-0.2, 0) is 14.3 Å². The van der Waals surface area contributed by atoms with Gasteiger partial charge in [-0.05, 0) is 10.8 Å². The SMILES string of the molecule is CC1(C)C(N2CC(=O)OC(=O)C2)C1(C)C. The summed E-state index contributed by atoms with van der Waals surface area (Å²) in [6.45, 7) is 9.15. The van der Waals surface area contributed by atoms with Crippen LogP contribution in [0.2, 0.25) is 0 Å². The monoisotopic (exact) mass is 211 g/mol. The van der Waals surface area contributed by atoms with Crippen molar-refractivity contribution < 1.29 is 14.3 Å². The third-order valence-electron chi connectivity index (χ3n) is 4.20. The molecule has 0 N–H and O–H groups in total. The van der Waals surface area contributed by atoms with E-state index in [4.69, 9.17) is 0 Å². The van der Waals surface area contributed by atoms with Gasteiger partial charge in [0.1, 0.15) is 0 Å². The standard InChI is InChI=1S/C11H17NO3/c1-10(2)9(11(10,3)4)12-5-7(13)15-8(14)6-12/h9H,5-6H2,1-4H3. The molecular formula is C11H17NO3. The van der Waals surface area contributed by atoms with E-state index in [-0.39, 0.29) is 23.9 Å². The van der Waals surface area contributed by atoms with Gasteiger partial charge in [-0.1, -0.05) is 27.7 Å². The molecule has 2 aliphatic rings. The van der Waals surface area contributed by atoms with Gasteiger partial charge in [-0.2, -0.15) is 0 Å². The minimum absolute atomic E-state index is 0.158. The number of ether oxygens (including phenoxy) is 1. The molecule has 15 heavy (non-hydrogen) atoms. The highest BCUT2D eigenvalue weighted by atomic mass is 16.6. The molecule has 0 amide bonds. The summed E-state index contributed by atoms with van der Waals surface area (Å²) in [5.74, 6) is -0.852. The van der Waals surface area contributed by atoms with E-state index < -0.39 is 11.9 Å². The van der Waals surface area contributed by atoms with E-state index in [1.165, 1.54) is 0 Å². The molecule has 1 aliphatic heterocycles. The second-order valence-corrected chi connectivity index (χ2v) is 5.60. The lowest BCUT2D eigenvalue weighted by molar-refractivity contribution is -0.167. The third-order valence-corrected chi connectivity index (χ3v) is 4.20. The van der Waals surface area contributed by atoms with Crippen molar-refractivity contribution in [3.8, 4) is 0 Å². The highest BCUT2D eigenvalue weighted by Gasteiger charge is 2.67. The number of esters is 2. The first kappa shape index (κ1) is 10.6. The Morgan fingerprint density at radius 1 is 1.07 bits per heavy atom. The van der Waals surface area contributed by atoms with Gasteiger partial charge >= 0.3 is 11.9 Å². The van der Waals surface area contributed by atoms with Crippen molar-refractivity contribution in [3.63, 3.8) is 0 Å². The molecule has 0 aromatic rings. The summed E-state index contributed by atoms with van der Waals surface area (Å²) >= 11 is 0. The first-order valence-electron chi connectivity index (χ1n) is 5.24. The van der Waals surface area contributed by atoms with Gasteiger partial charge in [0.25, 0.3) is 0 Å². The molecule has 1 aliphatic carbocycles.